The van der Waals surface area contributed by atoms with Gasteiger partial charge < -0.3 is 4.90 Å². The summed E-state index contributed by atoms with van der Waals surface area (Å²) in [5, 5.41) is 3.14. The van der Waals surface area contributed by atoms with Crippen molar-refractivity contribution in [3.05, 3.63) is 40.4 Å². The lowest BCUT2D eigenvalue weighted by Crippen LogP contribution is -2.39. The van der Waals surface area contributed by atoms with Crippen LogP contribution in [0.25, 0.3) is 0 Å². The summed E-state index contributed by atoms with van der Waals surface area (Å²) in [5.41, 5.74) is 0.539. The minimum atomic E-state index is 0.0329. The molecule has 1 saturated carbocycles. The van der Waals surface area contributed by atoms with Crippen LogP contribution in [0.5, 0.6) is 0 Å². The highest BCUT2D eigenvalue weighted by Crippen LogP contribution is 2.37. The number of rotatable bonds is 3. The Balaban J connectivity index is 1.51. The summed E-state index contributed by atoms with van der Waals surface area (Å²) in [6.45, 7) is 1.55. The van der Waals surface area contributed by atoms with E-state index >= 15 is 0 Å². The molecule has 22 heavy (non-hydrogen) atoms. The van der Waals surface area contributed by atoms with Crippen LogP contribution in [-0.2, 0) is 0 Å². The molecule has 4 rings (SSSR count). The van der Waals surface area contributed by atoms with Crippen molar-refractivity contribution in [3.63, 3.8) is 0 Å². The topological polar surface area (TPSA) is 59.0 Å². The average Bonchev–Trinajstić information content (AvgIpc) is 3.29. The highest BCUT2D eigenvalue weighted by atomic mass is 32.1. The van der Waals surface area contributed by atoms with Gasteiger partial charge in [-0.2, -0.15) is 0 Å². The maximum atomic E-state index is 12.7. The zero-order valence-corrected chi connectivity index (χ0v) is 13.1. The Kier molecular flexibility index (Phi) is 3.62. The third kappa shape index (κ3) is 2.75. The number of thiazole rings is 1. The van der Waals surface area contributed by atoms with Crippen LogP contribution < -0.4 is 0 Å². The van der Waals surface area contributed by atoms with Crippen LogP contribution in [0, 0.1) is 0 Å². The Morgan fingerprint density at radius 3 is 2.86 bits per heavy atom. The summed E-state index contributed by atoms with van der Waals surface area (Å²) in [5.74, 6) is 1.70. The Hall–Kier alpha value is -1.82. The largest absolute Gasteiger partial charge is 0.337 e. The molecule has 0 unspecified atom stereocenters. The van der Waals surface area contributed by atoms with Gasteiger partial charge in [-0.25, -0.2) is 15.0 Å². The molecule has 2 fully saturated rings. The normalized spacial score (nSPS) is 21.8. The van der Waals surface area contributed by atoms with Crippen molar-refractivity contribution >= 4 is 17.2 Å². The Bertz CT molecular complexity index is 669. The lowest BCUT2D eigenvalue weighted by Gasteiger charge is -2.31. The molecule has 1 saturated heterocycles. The van der Waals surface area contributed by atoms with Gasteiger partial charge in [0.25, 0.3) is 5.91 Å². The quantitative estimate of drug-likeness (QED) is 0.874. The molecule has 1 aliphatic carbocycles. The van der Waals surface area contributed by atoms with Crippen LogP contribution in [0.1, 0.15) is 58.8 Å². The predicted octanol–water partition coefficient (Wildman–Crippen LogP) is 2.83. The number of nitrogens with zero attached hydrogens (tertiary/aromatic N) is 4. The number of carbonyl (C=O) groups excluding carboxylic acids is 1. The summed E-state index contributed by atoms with van der Waals surface area (Å²) in [6, 6.07) is 1.74. The minimum absolute atomic E-state index is 0.0329. The lowest BCUT2D eigenvalue weighted by molar-refractivity contribution is 0.0700. The first kappa shape index (κ1) is 13.8. The van der Waals surface area contributed by atoms with Gasteiger partial charge in [-0.1, -0.05) is 0 Å². The summed E-state index contributed by atoms with van der Waals surface area (Å²) in [6.07, 6.45) is 7.98. The van der Waals surface area contributed by atoms with Gasteiger partial charge in [0.05, 0.1) is 5.01 Å². The van der Waals surface area contributed by atoms with E-state index in [-0.39, 0.29) is 5.91 Å². The van der Waals surface area contributed by atoms with E-state index in [1.807, 2.05) is 16.5 Å². The molecular formula is C16H18N4OS. The molecule has 1 atom stereocenters. The van der Waals surface area contributed by atoms with Crippen molar-refractivity contribution in [2.24, 2.45) is 0 Å². The number of amides is 1. The van der Waals surface area contributed by atoms with Gasteiger partial charge in [0.1, 0.15) is 11.5 Å². The third-order valence-electron chi connectivity index (χ3n) is 4.35. The van der Waals surface area contributed by atoms with E-state index < -0.39 is 0 Å². The molecule has 0 N–H and O–H groups in total. The van der Waals surface area contributed by atoms with Crippen LogP contribution in [0.3, 0.4) is 0 Å². The Morgan fingerprint density at radius 2 is 2.09 bits per heavy atom. The van der Waals surface area contributed by atoms with Crippen LogP contribution in [0.2, 0.25) is 0 Å². The molecule has 2 aliphatic rings. The van der Waals surface area contributed by atoms with Gasteiger partial charge in [-0.15, -0.1) is 11.3 Å². The zero-order valence-electron chi connectivity index (χ0n) is 12.3. The summed E-state index contributed by atoms with van der Waals surface area (Å²) >= 11 is 1.68. The summed E-state index contributed by atoms with van der Waals surface area (Å²) in [4.78, 5) is 27.8. The number of carbonyl (C=O) groups is 1. The maximum Gasteiger partial charge on any atom is 0.272 e. The molecule has 0 spiro atoms. The van der Waals surface area contributed by atoms with E-state index in [0.29, 0.717) is 17.5 Å². The molecule has 5 nitrogen and oxygen atoms in total. The predicted molar refractivity (Wildman–Crippen MR) is 84.0 cm³/mol. The molecule has 1 amide bonds. The van der Waals surface area contributed by atoms with E-state index in [1.54, 1.807) is 23.6 Å². The van der Waals surface area contributed by atoms with E-state index in [1.165, 1.54) is 0 Å². The van der Waals surface area contributed by atoms with Gasteiger partial charge in [0, 0.05) is 42.7 Å². The minimum Gasteiger partial charge on any atom is -0.337 e. The van der Waals surface area contributed by atoms with Crippen molar-refractivity contribution in [3.8, 4) is 0 Å². The second-order valence-electron chi connectivity index (χ2n) is 6.04. The van der Waals surface area contributed by atoms with Crippen molar-refractivity contribution in [1.82, 2.24) is 19.9 Å². The van der Waals surface area contributed by atoms with E-state index in [9.17, 15) is 4.79 Å². The van der Waals surface area contributed by atoms with Crippen LogP contribution in [0.4, 0.5) is 0 Å². The van der Waals surface area contributed by atoms with Gasteiger partial charge in [0.15, 0.2) is 0 Å². The number of piperidine rings is 1. The molecule has 2 aromatic heterocycles. The lowest BCUT2D eigenvalue weighted by atomic mass is 9.98. The Labute approximate surface area is 133 Å². The average molecular weight is 314 g/mol. The van der Waals surface area contributed by atoms with Gasteiger partial charge in [0.2, 0.25) is 0 Å². The molecule has 0 aromatic carbocycles. The molecule has 0 radical (unpaired) electrons. The van der Waals surface area contributed by atoms with Gasteiger partial charge in [-0.3, -0.25) is 4.79 Å². The highest BCUT2D eigenvalue weighted by molar-refractivity contribution is 7.09. The van der Waals surface area contributed by atoms with Crippen molar-refractivity contribution in [1.29, 1.82) is 0 Å². The SMILES string of the molecule is O=C(c1ccnc(C2CC2)n1)N1CCC[C@@H](c2nccs2)C1. The molecule has 1 aliphatic heterocycles. The molecule has 6 heteroatoms. The van der Waals surface area contributed by atoms with Crippen LogP contribution in [0.15, 0.2) is 23.8 Å². The number of hydrogen-bond donors (Lipinski definition) is 0. The molecule has 114 valence electrons. The number of hydrogen-bond acceptors (Lipinski definition) is 5. The monoisotopic (exact) mass is 314 g/mol. The first-order valence-electron chi connectivity index (χ1n) is 7.83. The first-order valence-corrected chi connectivity index (χ1v) is 8.71. The number of aromatic nitrogens is 3. The second-order valence-corrected chi connectivity index (χ2v) is 6.96. The van der Waals surface area contributed by atoms with Crippen molar-refractivity contribution in [2.75, 3.05) is 13.1 Å². The molecule has 3 heterocycles. The van der Waals surface area contributed by atoms with Crippen molar-refractivity contribution in [2.45, 2.75) is 37.5 Å². The van der Waals surface area contributed by atoms with E-state index in [2.05, 4.69) is 15.0 Å². The molecule has 2 aromatic rings. The smallest absolute Gasteiger partial charge is 0.272 e. The zero-order chi connectivity index (χ0) is 14.9. The van der Waals surface area contributed by atoms with Gasteiger partial charge >= 0.3 is 0 Å². The Morgan fingerprint density at radius 1 is 1.18 bits per heavy atom. The first-order chi connectivity index (χ1) is 10.8. The van der Waals surface area contributed by atoms with E-state index in [0.717, 1.165) is 49.6 Å². The third-order valence-corrected chi connectivity index (χ3v) is 5.28. The van der Waals surface area contributed by atoms with Gasteiger partial charge in [-0.05, 0) is 31.7 Å². The molecule has 0 bridgehead atoms. The fraction of sp³-hybridized carbons (Fsp3) is 0.500. The second kappa shape index (κ2) is 5.76. The maximum absolute atomic E-state index is 12.7. The van der Waals surface area contributed by atoms with E-state index in [4.69, 9.17) is 0 Å². The number of likely N-dealkylation sites (tertiary alicyclic amines) is 1. The van der Waals surface area contributed by atoms with Crippen molar-refractivity contribution < 1.29 is 4.79 Å². The summed E-state index contributed by atoms with van der Waals surface area (Å²) < 4.78 is 0. The standard InChI is InChI=1S/C16H18N4OS/c21-16(13-5-6-17-14(19-13)11-3-4-11)20-8-1-2-12(10-20)15-18-7-9-22-15/h5-7,9,11-12H,1-4,8,10H2/t12-/m1/s1. The fourth-order valence-electron chi connectivity index (χ4n) is 2.99. The van der Waals surface area contributed by atoms with Crippen LogP contribution in [-0.4, -0.2) is 38.8 Å². The highest BCUT2D eigenvalue weighted by Gasteiger charge is 2.30. The fourth-order valence-corrected chi connectivity index (χ4v) is 3.76. The molecular weight excluding hydrogens is 296 g/mol. The summed E-state index contributed by atoms with van der Waals surface area (Å²) in [7, 11) is 0. The van der Waals surface area contributed by atoms with Crippen LogP contribution >= 0.6 is 11.3 Å².